The summed E-state index contributed by atoms with van der Waals surface area (Å²) in [6, 6.07) is 8.86. The SMILES string of the molecule is CCCCCCCCc1ccc(C2=CC(=O)CCC2)cc1. The Hall–Kier alpha value is -1.37. The van der Waals surface area contributed by atoms with Crippen molar-refractivity contribution in [1.82, 2.24) is 0 Å². The highest BCUT2D eigenvalue weighted by Gasteiger charge is 2.11. The summed E-state index contributed by atoms with van der Waals surface area (Å²) in [7, 11) is 0. The molecule has 114 valence electrons. The van der Waals surface area contributed by atoms with Gasteiger partial charge in [-0.05, 0) is 48.5 Å². The normalized spacial score (nSPS) is 15.1. The second-order valence-corrected chi connectivity index (χ2v) is 6.20. The standard InChI is InChI=1S/C20H28O/c1-2-3-4-5-6-7-9-17-12-14-18(15-13-17)19-10-8-11-20(21)16-19/h12-16H,2-11H2,1H3. The number of rotatable bonds is 8. The van der Waals surface area contributed by atoms with E-state index in [0.717, 1.165) is 19.3 Å². The van der Waals surface area contributed by atoms with Crippen LogP contribution in [0.2, 0.25) is 0 Å². The number of aryl methyl sites for hydroxylation is 1. The van der Waals surface area contributed by atoms with E-state index in [0.29, 0.717) is 0 Å². The largest absolute Gasteiger partial charge is 0.295 e. The molecule has 0 aliphatic heterocycles. The molecule has 1 aromatic rings. The summed E-state index contributed by atoms with van der Waals surface area (Å²) in [6.07, 6.45) is 13.9. The molecular formula is C20H28O. The van der Waals surface area contributed by atoms with Crippen molar-refractivity contribution in [2.75, 3.05) is 0 Å². The second kappa shape index (κ2) is 8.81. The number of allylic oxidation sites excluding steroid dienone is 2. The molecule has 0 aromatic heterocycles. The molecule has 0 radical (unpaired) electrons. The Morgan fingerprint density at radius 3 is 2.33 bits per heavy atom. The van der Waals surface area contributed by atoms with Crippen LogP contribution >= 0.6 is 0 Å². The lowest BCUT2D eigenvalue weighted by atomic mass is 9.92. The highest BCUT2D eigenvalue weighted by Crippen LogP contribution is 2.25. The van der Waals surface area contributed by atoms with Crippen LogP contribution in [0, 0.1) is 0 Å². The average molecular weight is 284 g/mol. The van der Waals surface area contributed by atoms with E-state index >= 15 is 0 Å². The van der Waals surface area contributed by atoms with Gasteiger partial charge in [0.05, 0.1) is 0 Å². The molecule has 1 aliphatic carbocycles. The summed E-state index contributed by atoms with van der Waals surface area (Å²) in [6.45, 7) is 2.26. The maximum atomic E-state index is 11.5. The molecule has 0 fully saturated rings. The zero-order valence-corrected chi connectivity index (χ0v) is 13.4. The Bertz CT molecular complexity index is 467. The Balaban J connectivity index is 1.78. The summed E-state index contributed by atoms with van der Waals surface area (Å²) >= 11 is 0. The van der Waals surface area contributed by atoms with Crippen molar-refractivity contribution in [3.05, 3.63) is 41.5 Å². The van der Waals surface area contributed by atoms with Crippen molar-refractivity contribution in [1.29, 1.82) is 0 Å². The lowest BCUT2D eigenvalue weighted by Gasteiger charge is -2.12. The zero-order valence-electron chi connectivity index (χ0n) is 13.4. The van der Waals surface area contributed by atoms with E-state index in [4.69, 9.17) is 0 Å². The van der Waals surface area contributed by atoms with E-state index in [1.807, 2.05) is 6.08 Å². The van der Waals surface area contributed by atoms with Gasteiger partial charge in [0, 0.05) is 6.42 Å². The molecule has 1 nitrogen and oxygen atoms in total. The maximum absolute atomic E-state index is 11.5. The fourth-order valence-electron chi connectivity index (χ4n) is 3.01. The van der Waals surface area contributed by atoms with Gasteiger partial charge in [0.1, 0.15) is 0 Å². The molecule has 0 unspecified atom stereocenters. The van der Waals surface area contributed by atoms with Crippen LogP contribution in [0.5, 0.6) is 0 Å². The molecule has 1 aromatic carbocycles. The van der Waals surface area contributed by atoms with E-state index in [1.165, 1.54) is 61.6 Å². The van der Waals surface area contributed by atoms with E-state index in [-0.39, 0.29) is 5.78 Å². The van der Waals surface area contributed by atoms with Crippen LogP contribution in [0.25, 0.3) is 5.57 Å². The minimum atomic E-state index is 0.285. The minimum Gasteiger partial charge on any atom is -0.295 e. The molecule has 0 N–H and O–H groups in total. The highest BCUT2D eigenvalue weighted by molar-refractivity contribution is 5.98. The first-order valence-electron chi connectivity index (χ1n) is 8.62. The fraction of sp³-hybridized carbons (Fsp3) is 0.550. The predicted molar refractivity (Wildman–Crippen MR) is 90.4 cm³/mol. The summed E-state index contributed by atoms with van der Waals surface area (Å²) in [5.41, 5.74) is 3.88. The Morgan fingerprint density at radius 1 is 0.905 bits per heavy atom. The molecule has 21 heavy (non-hydrogen) atoms. The molecular weight excluding hydrogens is 256 g/mol. The van der Waals surface area contributed by atoms with Crippen molar-refractivity contribution in [3.8, 4) is 0 Å². The third-order valence-electron chi connectivity index (χ3n) is 4.35. The Kier molecular flexibility index (Phi) is 6.72. The number of benzene rings is 1. The molecule has 0 saturated carbocycles. The topological polar surface area (TPSA) is 17.1 Å². The smallest absolute Gasteiger partial charge is 0.155 e. The fourth-order valence-corrected chi connectivity index (χ4v) is 3.01. The van der Waals surface area contributed by atoms with Crippen molar-refractivity contribution >= 4 is 11.4 Å². The van der Waals surface area contributed by atoms with Crippen molar-refractivity contribution in [3.63, 3.8) is 0 Å². The van der Waals surface area contributed by atoms with Gasteiger partial charge >= 0.3 is 0 Å². The van der Waals surface area contributed by atoms with Crippen molar-refractivity contribution < 1.29 is 4.79 Å². The van der Waals surface area contributed by atoms with E-state index < -0.39 is 0 Å². The third kappa shape index (κ3) is 5.49. The van der Waals surface area contributed by atoms with E-state index in [9.17, 15) is 4.79 Å². The summed E-state index contributed by atoms with van der Waals surface area (Å²) in [5.74, 6) is 0.285. The van der Waals surface area contributed by atoms with Gasteiger partial charge in [-0.2, -0.15) is 0 Å². The van der Waals surface area contributed by atoms with Gasteiger partial charge in [0.2, 0.25) is 0 Å². The third-order valence-corrected chi connectivity index (χ3v) is 4.35. The van der Waals surface area contributed by atoms with Gasteiger partial charge in [-0.25, -0.2) is 0 Å². The van der Waals surface area contributed by atoms with Crippen molar-refractivity contribution in [2.24, 2.45) is 0 Å². The van der Waals surface area contributed by atoms with Gasteiger partial charge in [-0.15, -0.1) is 0 Å². The number of hydrogen-bond donors (Lipinski definition) is 0. The van der Waals surface area contributed by atoms with Gasteiger partial charge in [-0.1, -0.05) is 63.3 Å². The quantitative estimate of drug-likeness (QED) is 0.557. The van der Waals surface area contributed by atoms with Gasteiger partial charge in [0.25, 0.3) is 0 Å². The van der Waals surface area contributed by atoms with Crippen LogP contribution in [0.1, 0.15) is 75.8 Å². The maximum Gasteiger partial charge on any atom is 0.155 e. The molecule has 0 saturated heterocycles. The Labute approximate surface area is 129 Å². The van der Waals surface area contributed by atoms with Gasteiger partial charge in [0.15, 0.2) is 5.78 Å². The van der Waals surface area contributed by atoms with Crippen molar-refractivity contribution in [2.45, 2.75) is 71.1 Å². The number of carbonyl (C=O) groups excluding carboxylic acids is 1. The van der Waals surface area contributed by atoms with Crippen LogP contribution in [-0.4, -0.2) is 5.78 Å². The summed E-state index contributed by atoms with van der Waals surface area (Å²) in [5, 5.41) is 0. The first-order valence-corrected chi connectivity index (χ1v) is 8.62. The van der Waals surface area contributed by atoms with Crippen LogP contribution in [-0.2, 0) is 11.2 Å². The number of unbranched alkanes of at least 4 members (excludes halogenated alkanes) is 5. The number of hydrogen-bond acceptors (Lipinski definition) is 1. The molecule has 0 bridgehead atoms. The molecule has 0 atom stereocenters. The van der Waals surface area contributed by atoms with Gasteiger partial charge < -0.3 is 0 Å². The van der Waals surface area contributed by atoms with Crippen LogP contribution in [0.15, 0.2) is 30.3 Å². The average Bonchev–Trinajstić information content (AvgIpc) is 2.51. The molecule has 1 heteroatoms. The first kappa shape index (κ1) is 16.0. The second-order valence-electron chi connectivity index (χ2n) is 6.20. The van der Waals surface area contributed by atoms with Crippen LogP contribution in [0.4, 0.5) is 0 Å². The molecule has 0 amide bonds. The molecule has 0 heterocycles. The van der Waals surface area contributed by atoms with E-state index in [1.54, 1.807) is 0 Å². The number of ketones is 1. The minimum absolute atomic E-state index is 0.285. The predicted octanol–water partition coefficient (Wildman–Crippen LogP) is 5.73. The molecule has 1 aliphatic rings. The molecule has 0 spiro atoms. The van der Waals surface area contributed by atoms with Crippen LogP contribution < -0.4 is 0 Å². The summed E-state index contributed by atoms with van der Waals surface area (Å²) in [4.78, 5) is 11.5. The monoisotopic (exact) mass is 284 g/mol. The zero-order chi connectivity index (χ0) is 14.9. The number of carbonyl (C=O) groups is 1. The molecule has 2 rings (SSSR count). The van der Waals surface area contributed by atoms with Crippen LogP contribution in [0.3, 0.4) is 0 Å². The summed E-state index contributed by atoms with van der Waals surface area (Å²) < 4.78 is 0. The van der Waals surface area contributed by atoms with Gasteiger partial charge in [-0.3, -0.25) is 4.79 Å². The first-order chi connectivity index (χ1) is 10.3. The lowest BCUT2D eigenvalue weighted by molar-refractivity contribution is -0.114. The lowest BCUT2D eigenvalue weighted by Crippen LogP contribution is -2.02. The van der Waals surface area contributed by atoms with E-state index in [2.05, 4.69) is 31.2 Å². The highest BCUT2D eigenvalue weighted by atomic mass is 16.1. The Morgan fingerprint density at radius 2 is 1.62 bits per heavy atom.